The highest BCUT2D eigenvalue weighted by atomic mass is 35.5. The number of halogens is 1. The maximum Gasteiger partial charge on any atom is 0.251 e. The van der Waals surface area contributed by atoms with Crippen molar-refractivity contribution in [2.45, 2.75) is 13.0 Å². The second-order valence-electron chi connectivity index (χ2n) is 5.59. The molecule has 0 radical (unpaired) electrons. The molecule has 138 valence electrons. The highest BCUT2D eigenvalue weighted by Gasteiger charge is 2.16. The minimum atomic E-state index is -0.366. The van der Waals surface area contributed by atoms with Gasteiger partial charge in [-0.3, -0.25) is 9.59 Å². The van der Waals surface area contributed by atoms with Crippen molar-refractivity contribution in [3.05, 3.63) is 58.6 Å². The zero-order valence-corrected chi connectivity index (χ0v) is 15.6. The van der Waals surface area contributed by atoms with Gasteiger partial charge in [0.05, 0.1) is 26.8 Å². The molecule has 7 heteroatoms. The molecule has 0 saturated heterocycles. The molecule has 2 amide bonds. The quantitative estimate of drug-likeness (QED) is 0.778. The number of carbonyl (C=O) groups excluding carboxylic acids is 2. The highest BCUT2D eigenvalue weighted by Crippen LogP contribution is 2.29. The first-order valence-corrected chi connectivity index (χ1v) is 8.37. The van der Waals surface area contributed by atoms with Crippen LogP contribution in [0.4, 0.5) is 0 Å². The van der Waals surface area contributed by atoms with E-state index in [1.807, 2.05) is 6.92 Å². The van der Waals surface area contributed by atoms with E-state index in [0.717, 1.165) is 5.56 Å². The molecule has 0 aliphatic carbocycles. The monoisotopic (exact) mass is 376 g/mol. The molecule has 0 aliphatic rings. The van der Waals surface area contributed by atoms with Crippen molar-refractivity contribution >= 4 is 23.4 Å². The van der Waals surface area contributed by atoms with Crippen LogP contribution in [-0.2, 0) is 4.79 Å². The number of hydrogen-bond donors (Lipinski definition) is 2. The van der Waals surface area contributed by atoms with Crippen LogP contribution in [0, 0.1) is 0 Å². The number of carbonyl (C=O) groups is 2. The lowest BCUT2D eigenvalue weighted by molar-refractivity contribution is -0.120. The standard InChI is InChI=1S/C19H21ClN2O4/c1-12(16-10-15(25-2)7-8-17(16)26-3)22-18(23)11-21-19(24)13-5-4-6-14(20)9-13/h4-10,12H,11H2,1-3H3,(H,21,24)(H,22,23). The third kappa shape index (κ3) is 5.13. The van der Waals surface area contributed by atoms with E-state index in [1.165, 1.54) is 0 Å². The van der Waals surface area contributed by atoms with Crippen LogP contribution < -0.4 is 20.1 Å². The van der Waals surface area contributed by atoms with Crippen molar-refractivity contribution in [1.29, 1.82) is 0 Å². The van der Waals surface area contributed by atoms with E-state index < -0.39 is 0 Å². The summed E-state index contributed by atoms with van der Waals surface area (Å²) in [4.78, 5) is 24.2. The average molecular weight is 377 g/mol. The molecule has 0 saturated carbocycles. The van der Waals surface area contributed by atoms with Gasteiger partial charge in [-0.2, -0.15) is 0 Å². The smallest absolute Gasteiger partial charge is 0.251 e. The summed E-state index contributed by atoms with van der Waals surface area (Å²) >= 11 is 5.86. The van der Waals surface area contributed by atoms with Gasteiger partial charge in [-0.15, -0.1) is 0 Å². The van der Waals surface area contributed by atoms with E-state index in [1.54, 1.807) is 56.7 Å². The minimum absolute atomic E-state index is 0.151. The number of rotatable bonds is 7. The lowest BCUT2D eigenvalue weighted by atomic mass is 10.1. The Labute approximate surface area is 157 Å². The fourth-order valence-corrected chi connectivity index (χ4v) is 2.63. The number of ether oxygens (including phenoxy) is 2. The van der Waals surface area contributed by atoms with Gasteiger partial charge >= 0.3 is 0 Å². The van der Waals surface area contributed by atoms with Crippen LogP contribution in [0.1, 0.15) is 28.9 Å². The van der Waals surface area contributed by atoms with Crippen molar-refractivity contribution in [3.63, 3.8) is 0 Å². The molecule has 2 N–H and O–H groups in total. The lowest BCUT2D eigenvalue weighted by Crippen LogP contribution is -2.38. The fraction of sp³-hybridized carbons (Fsp3) is 0.263. The van der Waals surface area contributed by atoms with E-state index in [2.05, 4.69) is 10.6 Å². The maximum absolute atomic E-state index is 12.2. The molecule has 0 aromatic heterocycles. The van der Waals surface area contributed by atoms with Crippen LogP contribution in [0.3, 0.4) is 0 Å². The molecule has 6 nitrogen and oxygen atoms in total. The van der Waals surface area contributed by atoms with Gasteiger partial charge in [0.1, 0.15) is 11.5 Å². The third-order valence-corrected chi connectivity index (χ3v) is 4.01. The van der Waals surface area contributed by atoms with E-state index in [0.29, 0.717) is 22.1 Å². The number of hydrogen-bond acceptors (Lipinski definition) is 4. The summed E-state index contributed by atoms with van der Waals surface area (Å²) in [5, 5.41) is 5.85. The van der Waals surface area contributed by atoms with Crippen LogP contribution in [0.25, 0.3) is 0 Å². The van der Waals surface area contributed by atoms with Crippen molar-refractivity contribution in [2.75, 3.05) is 20.8 Å². The number of benzene rings is 2. The molecule has 0 spiro atoms. The first kappa shape index (κ1) is 19.6. The van der Waals surface area contributed by atoms with Gasteiger partial charge in [-0.1, -0.05) is 17.7 Å². The molecule has 26 heavy (non-hydrogen) atoms. The molecular weight excluding hydrogens is 356 g/mol. The van der Waals surface area contributed by atoms with Gasteiger partial charge < -0.3 is 20.1 Å². The molecule has 2 aromatic rings. The predicted octanol–water partition coefficient (Wildman–Crippen LogP) is 2.96. The fourth-order valence-electron chi connectivity index (χ4n) is 2.44. The first-order valence-electron chi connectivity index (χ1n) is 7.99. The molecule has 1 unspecified atom stereocenters. The summed E-state index contributed by atoms with van der Waals surface area (Å²) < 4.78 is 10.5. The number of methoxy groups -OCH3 is 2. The van der Waals surface area contributed by atoms with Crippen LogP contribution in [0.2, 0.25) is 5.02 Å². The summed E-state index contributed by atoms with van der Waals surface area (Å²) in [5.74, 6) is 0.615. The molecule has 0 aliphatic heterocycles. The summed E-state index contributed by atoms with van der Waals surface area (Å²) in [6.45, 7) is 1.68. The minimum Gasteiger partial charge on any atom is -0.497 e. The normalized spacial score (nSPS) is 11.4. The largest absolute Gasteiger partial charge is 0.497 e. The Kier molecular flexibility index (Phi) is 6.86. The molecule has 0 fully saturated rings. The van der Waals surface area contributed by atoms with Crippen LogP contribution in [0.5, 0.6) is 11.5 Å². The second-order valence-corrected chi connectivity index (χ2v) is 6.03. The molecule has 2 aromatic carbocycles. The number of amides is 2. The molecule has 0 heterocycles. The summed E-state index contributed by atoms with van der Waals surface area (Å²) in [6.07, 6.45) is 0. The zero-order valence-electron chi connectivity index (χ0n) is 14.8. The van der Waals surface area contributed by atoms with Gasteiger partial charge in [0.2, 0.25) is 5.91 Å². The molecular formula is C19H21ClN2O4. The topological polar surface area (TPSA) is 76.7 Å². The van der Waals surface area contributed by atoms with Crippen molar-refractivity contribution in [3.8, 4) is 11.5 Å². The van der Waals surface area contributed by atoms with Crippen molar-refractivity contribution in [1.82, 2.24) is 10.6 Å². The predicted molar refractivity (Wildman–Crippen MR) is 99.9 cm³/mol. The van der Waals surface area contributed by atoms with E-state index in [-0.39, 0.29) is 24.4 Å². The Balaban J connectivity index is 1.96. The lowest BCUT2D eigenvalue weighted by Gasteiger charge is -2.18. The van der Waals surface area contributed by atoms with Gasteiger partial charge in [0.25, 0.3) is 5.91 Å². The van der Waals surface area contributed by atoms with Gasteiger partial charge in [-0.05, 0) is 43.3 Å². The van der Waals surface area contributed by atoms with Crippen molar-refractivity contribution in [2.24, 2.45) is 0 Å². The van der Waals surface area contributed by atoms with E-state index >= 15 is 0 Å². The second kappa shape index (κ2) is 9.10. The molecule has 0 bridgehead atoms. The third-order valence-electron chi connectivity index (χ3n) is 3.78. The van der Waals surface area contributed by atoms with Crippen LogP contribution in [-0.4, -0.2) is 32.6 Å². The summed E-state index contributed by atoms with van der Waals surface area (Å²) in [6, 6.07) is 11.5. The van der Waals surface area contributed by atoms with E-state index in [4.69, 9.17) is 21.1 Å². The SMILES string of the molecule is COc1ccc(OC)c(C(C)NC(=O)CNC(=O)c2cccc(Cl)c2)c1. The Morgan fingerprint density at radius 1 is 1.12 bits per heavy atom. The van der Waals surface area contributed by atoms with Gasteiger partial charge in [-0.25, -0.2) is 0 Å². The average Bonchev–Trinajstić information content (AvgIpc) is 2.65. The highest BCUT2D eigenvalue weighted by molar-refractivity contribution is 6.30. The van der Waals surface area contributed by atoms with Crippen molar-refractivity contribution < 1.29 is 19.1 Å². The Morgan fingerprint density at radius 2 is 1.88 bits per heavy atom. The van der Waals surface area contributed by atoms with E-state index in [9.17, 15) is 9.59 Å². The first-order chi connectivity index (χ1) is 12.4. The molecule has 1 atom stereocenters. The summed E-state index contributed by atoms with van der Waals surface area (Å²) in [7, 11) is 3.13. The van der Waals surface area contributed by atoms with Crippen LogP contribution in [0.15, 0.2) is 42.5 Å². The Morgan fingerprint density at radius 3 is 2.54 bits per heavy atom. The van der Waals surface area contributed by atoms with Gasteiger partial charge in [0, 0.05) is 16.1 Å². The maximum atomic E-state index is 12.2. The Hall–Kier alpha value is -2.73. The van der Waals surface area contributed by atoms with Gasteiger partial charge in [0.15, 0.2) is 0 Å². The zero-order chi connectivity index (χ0) is 19.1. The summed E-state index contributed by atoms with van der Waals surface area (Å²) in [5.41, 5.74) is 1.18. The Bertz CT molecular complexity index is 795. The molecule has 2 rings (SSSR count). The van der Waals surface area contributed by atoms with Crippen LogP contribution >= 0.6 is 11.6 Å². The number of nitrogens with one attached hydrogen (secondary N) is 2.